The third-order valence-electron chi connectivity index (χ3n) is 3.56. The van der Waals surface area contributed by atoms with Crippen LogP contribution in [0.15, 0.2) is 24.3 Å². The highest BCUT2D eigenvalue weighted by Gasteiger charge is 2.24. The molecule has 104 valence electrons. The van der Waals surface area contributed by atoms with Crippen molar-refractivity contribution in [3.05, 3.63) is 41.2 Å². The smallest absolute Gasteiger partial charge is 0.135 e. The van der Waals surface area contributed by atoms with E-state index in [2.05, 4.69) is 21.4 Å². The predicted molar refractivity (Wildman–Crippen MR) is 78.9 cm³/mol. The van der Waals surface area contributed by atoms with Crippen LogP contribution in [0.4, 0.5) is 11.6 Å². The molecule has 3 rings (SSSR count). The van der Waals surface area contributed by atoms with E-state index in [0.29, 0.717) is 12.4 Å². The number of rotatable bonds is 3. The van der Waals surface area contributed by atoms with Crippen molar-refractivity contribution < 1.29 is 4.74 Å². The summed E-state index contributed by atoms with van der Waals surface area (Å²) in [6.45, 7) is 4.55. The second-order valence-corrected chi connectivity index (χ2v) is 4.90. The van der Waals surface area contributed by atoms with Crippen LogP contribution >= 0.6 is 0 Å². The Balaban J connectivity index is 1.91. The van der Waals surface area contributed by atoms with Gasteiger partial charge in [0, 0.05) is 17.5 Å². The van der Waals surface area contributed by atoms with Crippen molar-refractivity contribution in [2.75, 3.05) is 17.7 Å². The topological polar surface area (TPSA) is 73.1 Å². The van der Waals surface area contributed by atoms with Crippen LogP contribution in [0.1, 0.15) is 29.9 Å². The third kappa shape index (κ3) is 2.15. The second kappa shape index (κ2) is 5.00. The molecule has 20 heavy (non-hydrogen) atoms. The number of nitrogens with zero attached hydrogens (tertiary/aromatic N) is 2. The van der Waals surface area contributed by atoms with E-state index >= 15 is 0 Å². The molecule has 0 fully saturated rings. The third-order valence-corrected chi connectivity index (χ3v) is 3.56. The highest BCUT2D eigenvalue weighted by Crippen LogP contribution is 2.34. The van der Waals surface area contributed by atoms with Gasteiger partial charge < -0.3 is 15.8 Å². The summed E-state index contributed by atoms with van der Waals surface area (Å²) < 4.78 is 5.67. The molecular weight excluding hydrogens is 252 g/mol. The zero-order valence-electron chi connectivity index (χ0n) is 11.7. The number of para-hydroxylation sites is 1. The van der Waals surface area contributed by atoms with Crippen molar-refractivity contribution in [3.63, 3.8) is 0 Å². The van der Waals surface area contributed by atoms with Gasteiger partial charge in [-0.2, -0.15) is 0 Å². The number of ether oxygens (including phenoxy) is 1. The van der Waals surface area contributed by atoms with Gasteiger partial charge in [-0.05, 0) is 13.0 Å². The molecule has 1 aliphatic heterocycles. The Morgan fingerprint density at radius 3 is 2.95 bits per heavy atom. The summed E-state index contributed by atoms with van der Waals surface area (Å²) in [6, 6.07) is 8.14. The molecule has 0 spiro atoms. The zero-order valence-corrected chi connectivity index (χ0v) is 11.7. The minimum absolute atomic E-state index is 0.101. The molecule has 5 nitrogen and oxygen atoms in total. The number of hydrogen-bond donors (Lipinski definition) is 2. The van der Waals surface area contributed by atoms with Crippen LogP contribution in [0.5, 0.6) is 5.75 Å². The van der Waals surface area contributed by atoms with Gasteiger partial charge >= 0.3 is 0 Å². The Labute approximate surface area is 118 Å². The highest BCUT2D eigenvalue weighted by molar-refractivity contribution is 5.57. The standard InChI is InChI=1S/C15H18N4O/c1-3-13-18-14(16)9(2)15(19-13)17-11-8-20-12-7-5-4-6-10(11)12/h4-7,11H,3,8H2,1-2H3,(H3,16,17,18,19). The lowest BCUT2D eigenvalue weighted by Crippen LogP contribution is -2.16. The first-order valence-electron chi connectivity index (χ1n) is 6.80. The van der Waals surface area contributed by atoms with E-state index in [1.807, 2.05) is 32.0 Å². The fourth-order valence-corrected chi connectivity index (χ4v) is 2.33. The lowest BCUT2D eigenvalue weighted by atomic mass is 10.1. The number of aryl methyl sites for hydroxylation is 1. The number of nitrogen functional groups attached to an aromatic ring is 1. The Morgan fingerprint density at radius 1 is 1.35 bits per heavy atom. The van der Waals surface area contributed by atoms with E-state index in [-0.39, 0.29) is 6.04 Å². The maximum Gasteiger partial charge on any atom is 0.135 e. The average molecular weight is 270 g/mol. The lowest BCUT2D eigenvalue weighted by molar-refractivity contribution is 0.339. The molecule has 2 aromatic rings. The van der Waals surface area contributed by atoms with E-state index in [1.165, 1.54) is 0 Å². The van der Waals surface area contributed by atoms with Crippen LogP contribution in [0.3, 0.4) is 0 Å². The van der Waals surface area contributed by atoms with Gasteiger partial charge in [0.15, 0.2) is 0 Å². The van der Waals surface area contributed by atoms with Crippen molar-refractivity contribution in [2.45, 2.75) is 26.3 Å². The molecular formula is C15H18N4O. The van der Waals surface area contributed by atoms with Gasteiger partial charge in [-0.1, -0.05) is 25.1 Å². The van der Waals surface area contributed by atoms with Gasteiger partial charge in [0.2, 0.25) is 0 Å². The monoisotopic (exact) mass is 270 g/mol. The van der Waals surface area contributed by atoms with Crippen LogP contribution in [0.2, 0.25) is 0 Å². The summed E-state index contributed by atoms with van der Waals surface area (Å²) in [5.41, 5.74) is 7.98. The molecule has 0 bridgehead atoms. The molecule has 1 aromatic carbocycles. The van der Waals surface area contributed by atoms with Gasteiger partial charge in [0.1, 0.15) is 29.8 Å². The van der Waals surface area contributed by atoms with Crippen molar-refractivity contribution in [1.29, 1.82) is 0 Å². The van der Waals surface area contributed by atoms with Gasteiger partial charge in [-0.3, -0.25) is 0 Å². The van der Waals surface area contributed by atoms with Crippen molar-refractivity contribution >= 4 is 11.6 Å². The largest absolute Gasteiger partial charge is 0.491 e. The molecule has 0 saturated heterocycles. The van der Waals surface area contributed by atoms with Gasteiger partial charge in [0.25, 0.3) is 0 Å². The van der Waals surface area contributed by atoms with Crippen LogP contribution in [0.25, 0.3) is 0 Å². The van der Waals surface area contributed by atoms with Crippen molar-refractivity contribution in [3.8, 4) is 5.75 Å². The van der Waals surface area contributed by atoms with Crippen molar-refractivity contribution in [1.82, 2.24) is 9.97 Å². The molecule has 5 heteroatoms. The fraction of sp³-hybridized carbons (Fsp3) is 0.333. The van der Waals surface area contributed by atoms with Gasteiger partial charge in [-0.15, -0.1) is 0 Å². The van der Waals surface area contributed by atoms with Crippen LogP contribution in [-0.2, 0) is 6.42 Å². The normalized spacial score (nSPS) is 16.6. The molecule has 2 heterocycles. The van der Waals surface area contributed by atoms with E-state index in [1.54, 1.807) is 0 Å². The molecule has 0 aliphatic carbocycles. The summed E-state index contributed by atoms with van der Waals surface area (Å²) >= 11 is 0. The maximum atomic E-state index is 5.94. The number of benzene rings is 1. The highest BCUT2D eigenvalue weighted by atomic mass is 16.5. The predicted octanol–water partition coefficient (Wildman–Crippen LogP) is 2.48. The minimum atomic E-state index is 0.101. The van der Waals surface area contributed by atoms with Crippen LogP contribution in [0, 0.1) is 6.92 Å². The summed E-state index contributed by atoms with van der Waals surface area (Å²) in [4.78, 5) is 8.80. The van der Waals surface area contributed by atoms with E-state index < -0.39 is 0 Å². The molecule has 1 atom stereocenters. The first-order valence-corrected chi connectivity index (χ1v) is 6.80. The van der Waals surface area contributed by atoms with Gasteiger partial charge in [-0.25, -0.2) is 9.97 Å². The Morgan fingerprint density at radius 2 is 2.15 bits per heavy atom. The van der Waals surface area contributed by atoms with Crippen LogP contribution < -0.4 is 15.8 Å². The summed E-state index contributed by atoms with van der Waals surface area (Å²) in [7, 11) is 0. The fourth-order valence-electron chi connectivity index (χ4n) is 2.33. The molecule has 0 amide bonds. The number of hydrogen-bond acceptors (Lipinski definition) is 5. The SMILES string of the molecule is CCc1nc(N)c(C)c(NC2COc3ccccc32)n1. The molecule has 1 unspecified atom stereocenters. The minimum Gasteiger partial charge on any atom is -0.491 e. The number of nitrogens with one attached hydrogen (secondary N) is 1. The average Bonchev–Trinajstić information content (AvgIpc) is 2.87. The Hall–Kier alpha value is -2.30. The van der Waals surface area contributed by atoms with Crippen molar-refractivity contribution in [2.24, 2.45) is 0 Å². The molecule has 3 N–H and O–H groups in total. The van der Waals surface area contributed by atoms with Gasteiger partial charge in [0.05, 0.1) is 6.04 Å². The maximum absolute atomic E-state index is 5.94. The summed E-state index contributed by atoms with van der Waals surface area (Å²) in [5, 5.41) is 3.42. The van der Waals surface area contributed by atoms with Crippen LogP contribution in [-0.4, -0.2) is 16.6 Å². The molecule has 0 radical (unpaired) electrons. The number of aromatic nitrogens is 2. The lowest BCUT2D eigenvalue weighted by Gasteiger charge is -2.16. The summed E-state index contributed by atoms with van der Waals surface area (Å²) in [6.07, 6.45) is 0.761. The first kappa shape index (κ1) is 12.7. The number of fused-ring (bicyclic) bond motifs is 1. The summed E-state index contributed by atoms with van der Waals surface area (Å²) in [5.74, 6) is 3.01. The second-order valence-electron chi connectivity index (χ2n) is 4.90. The zero-order chi connectivity index (χ0) is 14.1. The molecule has 0 saturated carbocycles. The number of anilines is 2. The first-order chi connectivity index (χ1) is 9.69. The quantitative estimate of drug-likeness (QED) is 0.896. The Bertz CT molecular complexity index is 642. The molecule has 1 aliphatic rings. The van der Waals surface area contributed by atoms with E-state index in [9.17, 15) is 0 Å². The van der Waals surface area contributed by atoms with E-state index in [4.69, 9.17) is 10.5 Å². The molecule has 1 aromatic heterocycles. The van der Waals surface area contributed by atoms with E-state index in [0.717, 1.165) is 34.9 Å². The number of nitrogens with two attached hydrogens (primary N) is 1. The Kier molecular flexibility index (Phi) is 3.18.